The van der Waals surface area contributed by atoms with Crippen molar-refractivity contribution in [3.05, 3.63) is 41.7 Å². The molecule has 20 heavy (non-hydrogen) atoms. The van der Waals surface area contributed by atoms with Gasteiger partial charge in [-0.2, -0.15) is 5.26 Å². The third-order valence-electron chi connectivity index (χ3n) is 3.37. The fourth-order valence-corrected chi connectivity index (χ4v) is 2.16. The zero-order chi connectivity index (χ0) is 14.6. The van der Waals surface area contributed by atoms with E-state index in [9.17, 15) is 0 Å². The number of fused-ring (bicyclic) bond motifs is 1. The van der Waals surface area contributed by atoms with Gasteiger partial charge in [0.15, 0.2) is 0 Å². The number of hydrogen-bond acceptors (Lipinski definition) is 2. The predicted molar refractivity (Wildman–Crippen MR) is 82.3 cm³/mol. The number of H-pyrrole nitrogens is 1. The zero-order valence-electron chi connectivity index (χ0n) is 12.4. The molecule has 2 heterocycles. The molecule has 0 aliphatic carbocycles. The van der Waals surface area contributed by atoms with Crippen LogP contribution < -0.4 is 0 Å². The lowest BCUT2D eigenvalue weighted by Gasteiger charge is -2.17. The van der Waals surface area contributed by atoms with Gasteiger partial charge in [0.05, 0.1) is 6.07 Å². The number of pyridine rings is 1. The van der Waals surface area contributed by atoms with Crippen LogP contribution in [0.15, 0.2) is 30.6 Å². The van der Waals surface area contributed by atoms with Crippen LogP contribution in [0.3, 0.4) is 0 Å². The minimum atomic E-state index is 0.339. The SMILES string of the molecule is CC(C)(C)CCc1cnc2[nH]cc(C/C=C/C#N)c2c1. The van der Waals surface area contributed by atoms with Crippen molar-refractivity contribution in [2.75, 3.05) is 0 Å². The summed E-state index contributed by atoms with van der Waals surface area (Å²) in [5, 5.41) is 9.71. The van der Waals surface area contributed by atoms with E-state index in [1.54, 1.807) is 0 Å². The van der Waals surface area contributed by atoms with Gasteiger partial charge in [-0.3, -0.25) is 0 Å². The monoisotopic (exact) mass is 267 g/mol. The number of hydrogen-bond donors (Lipinski definition) is 1. The number of nitrogens with zero attached hydrogens (tertiary/aromatic N) is 2. The molecule has 2 rings (SSSR count). The van der Waals surface area contributed by atoms with E-state index < -0.39 is 0 Å². The molecule has 3 heteroatoms. The number of allylic oxidation sites excluding steroid dienone is 2. The van der Waals surface area contributed by atoms with Gasteiger partial charge in [0.25, 0.3) is 0 Å². The second-order valence-corrected chi connectivity index (χ2v) is 6.35. The Morgan fingerprint density at radius 3 is 2.90 bits per heavy atom. The van der Waals surface area contributed by atoms with Crippen LogP contribution in [0.2, 0.25) is 0 Å². The maximum atomic E-state index is 8.54. The summed E-state index contributed by atoms with van der Waals surface area (Å²) in [6.07, 6.45) is 10.3. The maximum absolute atomic E-state index is 8.54. The van der Waals surface area contributed by atoms with Crippen molar-refractivity contribution in [3.8, 4) is 6.07 Å². The molecule has 0 atom stereocenters. The van der Waals surface area contributed by atoms with Crippen LogP contribution in [0.25, 0.3) is 11.0 Å². The van der Waals surface area contributed by atoms with E-state index in [1.165, 1.54) is 22.6 Å². The minimum absolute atomic E-state index is 0.339. The molecule has 0 bridgehead atoms. The summed E-state index contributed by atoms with van der Waals surface area (Å²) in [5.74, 6) is 0. The Bertz CT molecular complexity index is 651. The summed E-state index contributed by atoms with van der Waals surface area (Å²) in [6.45, 7) is 6.77. The second-order valence-electron chi connectivity index (χ2n) is 6.35. The quantitative estimate of drug-likeness (QED) is 0.845. The van der Waals surface area contributed by atoms with Gasteiger partial charge in [0, 0.05) is 23.9 Å². The summed E-state index contributed by atoms with van der Waals surface area (Å²) in [4.78, 5) is 7.67. The predicted octanol–water partition coefficient (Wildman–Crippen LogP) is 4.16. The molecule has 0 aromatic carbocycles. The molecular weight excluding hydrogens is 246 g/mol. The number of aromatic nitrogens is 2. The van der Waals surface area contributed by atoms with Crippen molar-refractivity contribution in [2.24, 2.45) is 5.41 Å². The number of rotatable bonds is 4. The van der Waals surface area contributed by atoms with Gasteiger partial charge >= 0.3 is 0 Å². The van der Waals surface area contributed by atoms with Crippen LogP contribution >= 0.6 is 0 Å². The number of aromatic amines is 1. The second kappa shape index (κ2) is 5.92. The minimum Gasteiger partial charge on any atom is -0.346 e. The molecule has 0 spiro atoms. The molecule has 0 amide bonds. The van der Waals surface area contributed by atoms with Crippen LogP contribution in [-0.4, -0.2) is 9.97 Å². The van der Waals surface area contributed by atoms with Crippen LogP contribution in [0.5, 0.6) is 0 Å². The Balaban J connectivity index is 2.21. The summed E-state index contributed by atoms with van der Waals surface area (Å²) >= 11 is 0. The highest BCUT2D eigenvalue weighted by molar-refractivity contribution is 5.80. The molecule has 1 N–H and O–H groups in total. The summed E-state index contributed by atoms with van der Waals surface area (Å²) in [5.41, 5.74) is 3.73. The largest absolute Gasteiger partial charge is 0.346 e. The first-order valence-corrected chi connectivity index (χ1v) is 6.99. The lowest BCUT2D eigenvalue weighted by atomic mass is 9.89. The van der Waals surface area contributed by atoms with Crippen molar-refractivity contribution in [1.82, 2.24) is 9.97 Å². The van der Waals surface area contributed by atoms with Gasteiger partial charge in [0.2, 0.25) is 0 Å². The number of aryl methyl sites for hydroxylation is 1. The Morgan fingerprint density at radius 1 is 1.40 bits per heavy atom. The highest BCUT2D eigenvalue weighted by Crippen LogP contribution is 2.24. The molecule has 3 nitrogen and oxygen atoms in total. The third kappa shape index (κ3) is 3.71. The lowest BCUT2D eigenvalue weighted by molar-refractivity contribution is 0.378. The molecule has 2 aromatic heterocycles. The zero-order valence-corrected chi connectivity index (χ0v) is 12.4. The van der Waals surface area contributed by atoms with Crippen molar-refractivity contribution >= 4 is 11.0 Å². The maximum Gasteiger partial charge on any atom is 0.137 e. The summed E-state index contributed by atoms with van der Waals surface area (Å²) < 4.78 is 0. The highest BCUT2D eigenvalue weighted by atomic mass is 14.8. The molecular formula is C17H21N3. The van der Waals surface area contributed by atoms with Crippen LogP contribution in [0, 0.1) is 16.7 Å². The molecule has 0 aliphatic heterocycles. The fourth-order valence-electron chi connectivity index (χ4n) is 2.16. The van der Waals surface area contributed by atoms with Gasteiger partial charge in [-0.05, 0) is 41.9 Å². The number of nitriles is 1. The van der Waals surface area contributed by atoms with Crippen LogP contribution in [-0.2, 0) is 12.8 Å². The molecule has 104 valence electrons. The molecule has 0 aliphatic rings. The van der Waals surface area contributed by atoms with Gasteiger partial charge < -0.3 is 4.98 Å². The topological polar surface area (TPSA) is 52.5 Å². The van der Waals surface area contributed by atoms with E-state index in [-0.39, 0.29) is 0 Å². The standard InChI is InChI=1S/C17H21N3/c1-17(2,3)8-7-13-10-15-14(6-4-5-9-18)12-20-16(15)19-11-13/h4-5,10-12H,6-8H2,1-3H3,(H,19,20)/b5-4+. The fraction of sp³-hybridized carbons (Fsp3) is 0.412. The number of nitrogens with one attached hydrogen (secondary N) is 1. The Labute approximate surface area is 120 Å². The Morgan fingerprint density at radius 2 is 2.20 bits per heavy atom. The third-order valence-corrected chi connectivity index (χ3v) is 3.37. The molecule has 0 unspecified atom stereocenters. The van der Waals surface area contributed by atoms with Gasteiger partial charge in [0.1, 0.15) is 5.65 Å². The summed E-state index contributed by atoms with van der Waals surface area (Å²) in [7, 11) is 0. The van der Waals surface area contributed by atoms with Gasteiger partial charge in [-0.15, -0.1) is 0 Å². The smallest absolute Gasteiger partial charge is 0.137 e. The first-order chi connectivity index (χ1) is 9.49. The van der Waals surface area contributed by atoms with Crippen molar-refractivity contribution < 1.29 is 0 Å². The molecule has 0 saturated heterocycles. The van der Waals surface area contributed by atoms with Crippen LogP contribution in [0.4, 0.5) is 0 Å². The van der Waals surface area contributed by atoms with Gasteiger partial charge in [-0.25, -0.2) is 4.98 Å². The molecule has 2 aromatic rings. The average Bonchev–Trinajstić information content (AvgIpc) is 2.79. The molecule has 0 saturated carbocycles. The van der Waals surface area contributed by atoms with Gasteiger partial charge in [-0.1, -0.05) is 26.8 Å². The Hall–Kier alpha value is -2.08. The highest BCUT2D eigenvalue weighted by Gasteiger charge is 2.11. The van der Waals surface area contributed by atoms with Crippen molar-refractivity contribution in [1.29, 1.82) is 5.26 Å². The first-order valence-electron chi connectivity index (χ1n) is 6.99. The normalized spacial score (nSPS) is 12.1. The van der Waals surface area contributed by atoms with Crippen LogP contribution in [0.1, 0.15) is 38.3 Å². The summed E-state index contributed by atoms with van der Waals surface area (Å²) in [6, 6.07) is 4.24. The van der Waals surface area contributed by atoms with Crippen molar-refractivity contribution in [2.45, 2.75) is 40.0 Å². The molecule has 0 radical (unpaired) electrons. The first kappa shape index (κ1) is 14.3. The lowest BCUT2D eigenvalue weighted by Crippen LogP contribution is -2.06. The van der Waals surface area contributed by atoms with E-state index in [0.29, 0.717) is 5.41 Å². The van der Waals surface area contributed by atoms with Crippen molar-refractivity contribution in [3.63, 3.8) is 0 Å². The molecule has 0 fully saturated rings. The Kier molecular flexibility index (Phi) is 4.24. The van der Waals surface area contributed by atoms with E-state index in [1.807, 2.05) is 24.5 Å². The van der Waals surface area contributed by atoms with E-state index in [4.69, 9.17) is 5.26 Å². The van der Waals surface area contributed by atoms with E-state index >= 15 is 0 Å². The van der Waals surface area contributed by atoms with E-state index in [0.717, 1.165) is 24.9 Å². The van der Waals surface area contributed by atoms with E-state index in [2.05, 4.69) is 36.8 Å². The average molecular weight is 267 g/mol.